The van der Waals surface area contributed by atoms with Crippen molar-refractivity contribution < 1.29 is 0 Å². The summed E-state index contributed by atoms with van der Waals surface area (Å²) < 4.78 is 0. The maximum Gasteiger partial charge on any atom is 0.0239 e. The highest BCUT2D eigenvalue weighted by atomic mass is 15.2. The Hall–Kier alpha value is -0.860. The first-order valence-corrected chi connectivity index (χ1v) is 6.38. The molecule has 0 aromatic heterocycles. The Morgan fingerprint density at radius 1 is 1.06 bits per heavy atom. The Kier molecular flexibility index (Phi) is 2.70. The zero-order valence-electron chi connectivity index (χ0n) is 9.68. The van der Waals surface area contributed by atoms with Crippen LogP contribution < -0.4 is 5.73 Å². The van der Waals surface area contributed by atoms with Gasteiger partial charge in [0.25, 0.3) is 0 Å². The van der Waals surface area contributed by atoms with E-state index in [-0.39, 0.29) is 0 Å². The molecule has 2 nitrogen and oxygen atoms in total. The van der Waals surface area contributed by atoms with Gasteiger partial charge in [0.1, 0.15) is 0 Å². The van der Waals surface area contributed by atoms with Crippen molar-refractivity contribution in [3.8, 4) is 0 Å². The molecule has 0 radical (unpaired) electrons. The van der Waals surface area contributed by atoms with Crippen LogP contribution in [0.15, 0.2) is 30.3 Å². The fourth-order valence-corrected chi connectivity index (χ4v) is 3.37. The standard InChI is InChI=1S/C14H20N2/c15-12-8-13-6-7-14(9-12)16(13)10-11-4-2-1-3-5-11/h1-5,12-14H,6-10,15H2/t12?,13-,14?/m1/s1. The summed E-state index contributed by atoms with van der Waals surface area (Å²) in [4.78, 5) is 2.68. The van der Waals surface area contributed by atoms with Crippen molar-refractivity contribution in [3.05, 3.63) is 35.9 Å². The molecule has 2 unspecified atom stereocenters. The van der Waals surface area contributed by atoms with Gasteiger partial charge in [-0.25, -0.2) is 0 Å². The van der Waals surface area contributed by atoms with Crippen LogP contribution >= 0.6 is 0 Å². The maximum atomic E-state index is 6.08. The topological polar surface area (TPSA) is 29.3 Å². The minimum absolute atomic E-state index is 0.449. The van der Waals surface area contributed by atoms with Gasteiger partial charge in [0.05, 0.1) is 0 Å². The number of fused-ring (bicyclic) bond motifs is 2. The Morgan fingerprint density at radius 3 is 2.31 bits per heavy atom. The van der Waals surface area contributed by atoms with Crippen LogP contribution in [0.5, 0.6) is 0 Å². The SMILES string of the molecule is NC1CC2CC[C@H](C1)N2Cc1ccccc1. The van der Waals surface area contributed by atoms with E-state index in [9.17, 15) is 0 Å². The van der Waals surface area contributed by atoms with Gasteiger partial charge in [0, 0.05) is 24.7 Å². The molecule has 0 amide bonds. The molecular formula is C14H20N2. The second-order valence-corrected chi connectivity index (χ2v) is 5.27. The molecule has 2 aliphatic rings. The summed E-state index contributed by atoms with van der Waals surface area (Å²) in [6, 6.07) is 12.7. The first-order chi connectivity index (χ1) is 7.83. The zero-order chi connectivity index (χ0) is 11.0. The Labute approximate surface area is 97.4 Å². The Balaban J connectivity index is 1.72. The van der Waals surface area contributed by atoms with E-state index in [1.165, 1.54) is 31.2 Å². The van der Waals surface area contributed by atoms with Crippen molar-refractivity contribution >= 4 is 0 Å². The van der Waals surface area contributed by atoms with Crippen molar-refractivity contribution in [1.82, 2.24) is 4.90 Å². The fraction of sp³-hybridized carbons (Fsp3) is 0.571. The summed E-state index contributed by atoms with van der Waals surface area (Å²) in [6.07, 6.45) is 5.10. The first-order valence-electron chi connectivity index (χ1n) is 6.38. The van der Waals surface area contributed by atoms with Crippen LogP contribution in [0.25, 0.3) is 0 Å². The Morgan fingerprint density at radius 2 is 1.69 bits per heavy atom. The van der Waals surface area contributed by atoms with Gasteiger partial charge >= 0.3 is 0 Å². The van der Waals surface area contributed by atoms with E-state index in [0.717, 1.165) is 18.6 Å². The molecule has 0 saturated carbocycles. The molecule has 2 N–H and O–H groups in total. The van der Waals surface area contributed by atoms with Crippen LogP contribution in [0.3, 0.4) is 0 Å². The highest BCUT2D eigenvalue weighted by Gasteiger charge is 2.39. The number of hydrogen-bond acceptors (Lipinski definition) is 2. The number of benzene rings is 1. The highest BCUT2D eigenvalue weighted by Crippen LogP contribution is 2.35. The van der Waals surface area contributed by atoms with Gasteiger partial charge < -0.3 is 5.73 Å². The molecule has 2 aliphatic heterocycles. The van der Waals surface area contributed by atoms with Gasteiger partial charge in [0.15, 0.2) is 0 Å². The van der Waals surface area contributed by atoms with Crippen molar-refractivity contribution in [2.75, 3.05) is 0 Å². The highest BCUT2D eigenvalue weighted by molar-refractivity contribution is 5.15. The number of nitrogens with zero attached hydrogens (tertiary/aromatic N) is 1. The molecule has 2 heterocycles. The number of rotatable bonds is 2. The minimum atomic E-state index is 0.449. The van der Waals surface area contributed by atoms with E-state index in [4.69, 9.17) is 5.73 Å². The third-order valence-corrected chi connectivity index (χ3v) is 4.13. The molecule has 16 heavy (non-hydrogen) atoms. The van der Waals surface area contributed by atoms with E-state index in [1.54, 1.807) is 0 Å². The monoisotopic (exact) mass is 216 g/mol. The fourth-order valence-electron chi connectivity index (χ4n) is 3.37. The largest absolute Gasteiger partial charge is 0.328 e. The van der Waals surface area contributed by atoms with Gasteiger partial charge in [-0.15, -0.1) is 0 Å². The normalized spacial score (nSPS) is 34.2. The molecular weight excluding hydrogens is 196 g/mol. The molecule has 1 aromatic carbocycles. The van der Waals surface area contributed by atoms with E-state index in [0.29, 0.717) is 6.04 Å². The van der Waals surface area contributed by atoms with Crippen LogP contribution in [-0.2, 0) is 6.54 Å². The van der Waals surface area contributed by atoms with Crippen molar-refractivity contribution in [2.24, 2.45) is 5.73 Å². The summed E-state index contributed by atoms with van der Waals surface area (Å²) in [5.74, 6) is 0. The van der Waals surface area contributed by atoms with E-state index in [2.05, 4.69) is 35.2 Å². The predicted octanol–water partition coefficient (Wildman–Crippen LogP) is 2.14. The van der Waals surface area contributed by atoms with Crippen molar-refractivity contribution in [3.63, 3.8) is 0 Å². The van der Waals surface area contributed by atoms with Crippen LogP contribution in [0, 0.1) is 0 Å². The van der Waals surface area contributed by atoms with Gasteiger partial charge in [-0.1, -0.05) is 30.3 Å². The molecule has 1 aromatic rings. The second kappa shape index (κ2) is 4.19. The molecule has 2 heteroatoms. The maximum absolute atomic E-state index is 6.08. The van der Waals surface area contributed by atoms with Crippen molar-refractivity contribution in [2.45, 2.75) is 50.4 Å². The lowest BCUT2D eigenvalue weighted by atomic mass is 9.97. The number of nitrogens with two attached hydrogens (primary N) is 1. The third-order valence-electron chi connectivity index (χ3n) is 4.13. The lowest BCUT2D eigenvalue weighted by Crippen LogP contribution is -2.46. The molecule has 0 aliphatic carbocycles. The Bertz CT molecular complexity index is 335. The van der Waals surface area contributed by atoms with Crippen LogP contribution in [0.1, 0.15) is 31.2 Å². The average molecular weight is 216 g/mol. The summed E-state index contributed by atoms with van der Waals surface area (Å²) in [5, 5.41) is 0. The lowest BCUT2D eigenvalue weighted by molar-refractivity contribution is 0.120. The van der Waals surface area contributed by atoms with Crippen LogP contribution in [0.2, 0.25) is 0 Å². The van der Waals surface area contributed by atoms with Gasteiger partial charge in [0.2, 0.25) is 0 Å². The summed E-state index contributed by atoms with van der Waals surface area (Å²) >= 11 is 0. The molecule has 3 rings (SSSR count). The van der Waals surface area contributed by atoms with Gasteiger partial charge in [-0.3, -0.25) is 4.90 Å². The van der Waals surface area contributed by atoms with Gasteiger partial charge in [-0.05, 0) is 31.2 Å². The molecule has 86 valence electrons. The van der Waals surface area contributed by atoms with E-state index >= 15 is 0 Å². The quantitative estimate of drug-likeness (QED) is 0.820. The summed E-state index contributed by atoms with van der Waals surface area (Å²) in [5.41, 5.74) is 7.52. The first kappa shape index (κ1) is 10.3. The third kappa shape index (κ3) is 1.87. The summed E-state index contributed by atoms with van der Waals surface area (Å²) in [7, 11) is 0. The van der Waals surface area contributed by atoms with Gasteiger partial charge in [-0.2, -0.15) is 0 Å². The molecule has 3 atom stereocenters. The smallest absolute Gasteiger partial charge is 0.0239 e. The second-order valence-electron chi connectivity index (χ2n) is 5.27. The number of piperidine rings is 1. The average Bonchev–Trinajstić information content (AvgIpc) is 2.54. The molecule has 2 bridgehead atoms. The van der Waals surface area contributed by atoms with Crippen LogP contribution in [0.4, 0.5) is 0 Å². The van der Waals surface area contributed by atoms with E-state index in [1.807, 2.05) is 0 Å². The molecule has 0 spiro atoms. The number of hydrogen-bond donors (Lipinski definition) is 1. The van der Waals surface area contributed by atoms with Crippen LogP contribution in [-0.4, -0.2) is 23.0 Å². The van der Waals surface area contributed by atoms with E-state index < -0.39 is 0 Å². The zero-order valence-corrected chi connectivity index (χ0v) is 9.68. The summed E-state index contributed by atoms with van der Waals surface area (Å²) in [6.45, 7) is 1.11. The predicted molar refractivity (Wildman–Crippen MR) is 66.0 cm³/mol. The molecule has 2 saturated heterocycles. The lowest BCUT2D eigenvalue weighted by Gasteiger charge is -2.37. The minimum Gasteiger partial charge on any atom is -0.328 e. The van der Waals surface area contributed by atoms with Crippen molar-refractivity contribution in [1.29, 1.82) is 0 Å². The molecule has 2 fully saturated rings.